The van der Waals surface area contributed by atoms with E-state index in [0.717, 1.165) is 43.4 Å². The molecule has 2 aliphatic rings. The van der Waals surface area contributed by atoms with Crippen LogP contribution in [0.4, 0.5) is 11.6 Å². The molecule has 0 bridgehead atoms. The lowest BCUT2D eigenvalue weighted by molar-refractivity contribution is -0.130. The van der Waals surface area contributed by atoms with E-state index in [0.29, 0.717) is 24.5 Å². The molecule has 28 heavy (non-hydrogen) atoms. The number of hydrogen-bond acceptors (Lipinski definition) is 5. The fraction of sp³-hybridized carbons (Fsp3) is 0.476. The molecule has 2 saturated heterocycles. The van der Waals surface area contributed by atoms with Crippen LogP contribution < -0.4 is 9.80 Å². The van der Waals surface area contributed by atoms with Crippen molar-refractivity contribution in [2.24, 2.45) is 0 Å². The normalized spacial score (nSPS) is 17.7. The van der Waals surface area contributed by atoms with Gasteiger partial charge in [0.05, 0.1) is 6.42 Å². The van der Waals surface area contributed by atoms with Gasteiger partial charge in [0, 0.05) is 44.3 Å². The van der Waals surface area contributed by atoms with Gasteiger partial charge in [0.15, 0.2) is 11.6 Å². The lowest BCUT2D eigenvalue weighted by atomic mass is 10.1. The molecule has 0 spiro atoms. The molecule has 0 unspecified atom stereocenters. The largest absolute Gasteiger partial charge is 0.355 e. The van der Waals surface area contributed by atoms with Crippen molar-refractivity contribution < 1.29 is 4.79 Å². The Morgan fingerprint density at radius 2 is 1.43 bits per heavy atom. The van der Waals surface area contributed by atoms with Crippen LogP contribution >= 0.6 is 11.6 Å². The van der Waals surface area contributed by atoms with Crippen LogP contribution in [0.25, 0.3) is 0 Å². The average Bonchev–Trinajstić information content (AvgIpc) is 2.76. The highest BCUT2D eigenvalue weighted by atomic mass is 35.5. The van der Waals surface area contributed by atoms with Crippen LogP contribution in [0.5, 0.6) is 0 Å². The number of piperidine rings is 1. The van der Waals surface area contributed by atoms with Gasteiger partial charge in [0.2, 0.25) is 5.91 Å². The number of aromatic nitrogens is 2. The van der Waals surface area contributed by atoms with Gasteiger partial charge in [-0.3, -0.25) is 4.79 Å². The van der Waals surface area contributed by atoms with Crippen LogP contribution in [0.15, 0.2) is 36.4 Å². The van der Waals surface area contributed by atoms with E-state index in [-0.39, 0.29) is 5.91 Å². The molecule has 7 heteroatoms. The summed E-state index contributed by atoms with van der Waals surface area (Å²) in [6.45, 7) is 5.07. The predicted molar refractivity (Wildman–Crippen MR) is 112 cm³/mol. The Morgan fingerprint density at radius 3 is 2.04 bits per heavy atom. The third-order valence-corrected chi connectivity index (χ3v) is 5.94. The van der Waals surface area contributed by atoms with Crippen molar-refractivity contribution in [2.45, 2.75) is 25.7 Å². The molecule has 2 fully saturated rings. The molecule has 0 atom stereocenters. The van der Waals surface area contributed by atoms with E-state index in [1.54, 1.807) is 0 Å². The number of halogens is 1. The van der Waals surface area contributed by atoms with Crippen LogP contribution in [0.3, 0.4) is 0 Å². The van der Waals surface area contributed by atoms with Crippen molar-refractivity contribution in [3.8, 4) is 0 Å². The Kier molecular flexibility index (Phi) is 5.95. The van der Waals surface area contributed by atoms with Crippen molar-refractivity contribution in [1.82, 2.24) is 15.1 Å². The van der Waals surface area contributed by atoms with Crippen molar-refractivity contribution in [3.63, 3.8) is 0 Å². The first-order chi connectivity index (χ1) is 13.7. The van der Waals surface area contributed by atoms with Gasteiger partial charge in [-0.25, -0.2) is 0 Å². The predicted octanol–water partition coefficient (Wildman–Crippen LogP) is 3.01. The molecule has 0 radical (unpaired) electrons. The number of nitrogens with zero attached hydrogens (tertiary/aromatic N) is 5. The van der Waals surface area contributed by atoms with E-state index in [1.807, 2.05) is 29.2 Å². The van der Waals surface area contributed by atoms with Gasteiger partial charge in [-0.15, -0.1) is 10.2 Å². The maximum atomic E-state index is 12.6. The zero-order valence-corrected chi connectivity index (χ0v) is 16.8. The summed E-state index contributed by atoms with van der Waals surface area (Å²) in [4.78, 5) is 19.0. The van der Waals surface area contributed by atoms with E-state index in [2.05, 4.69) is 32.1 Å². The number of anilines is 2. The monoisotopic (exact) mass is 399 g/mol. The van der Waals surface area contributed by atoms with Crippen LogP contribution in [-0.2, 0) is 11.2 Å². The minimum atomic E-state index is 0.124. The van der Waals surface area contributed by atoms with Crippen molar-refractivity contribution in [1.29, 1.82) is 0 Å². The molecule has 2 aromatic rings. The zero-order valence-electron chi connectivity index (χ0n) is 16.1. The highest BCUT2D eigenvalue weighted by Gasteiger charge is 2.23. The Labute approximate surface area is 171 Å². The van der Waals surface area contributed by atoms with Gasteiger partial charge in [-0.1, -0.05) is 29.8 Å². The summed E-state index contributed by atoms with van der Waals surface area (Å²) in [5.41, 5.74) is 0.885. The average molecular weight is 400 g/mol. The maximum Gasteiger partial charge on any atom is 0.227 e. The summed E-state index contributed by atoms with van der Waals surface area (Å²) in [7, 11) is 0. The number of rotatable bonds is 4. The maximum absolute atomic E-state index is 12.6. The van der Waals surface area contributed by atoms with E-state index in [1.165, 1.54) is 19.3 Å². The van der Waals surface area contributed by atoms with Crippen molar-refractivity contribution in [2.75, 3.05) is 49.1 Å². The van der Waals surface area contributed by atoms with Gasteiger partial charge < -0.3 is 14.7 Å². The molecular formula is C21H26ClN5O. The van der Waals surface area contributed by atoms with Crippen LogP contribution in [-0.4, -0.2) is 60.3 Å². The third-order valence-electron chi connectivity index (χ3n) is 5.57. The first kappa shape index (κ1) is 19.0. The fourth-order valence-corrected chi connectivity index (χ4v) is 4.08. The molecule has 0 N–H and O–H groups in total. The zero-order chi connectivity index (χ0) is 19.3. The van der Waals surface area contributed by atoms with E-state index < -0.39 is 0 Å². The molecule has 0 saturated carbocycles. The van der Waals surface area contributed by atoms with E-state index in [4.69, 9.17) is 11.6 Å². The van der Waals surface area contributed by atoms with Crippen LogP contribution in [0.1, 0.15) is 24.8 Å². The summed E-state index contributed by atoms with van der Waals surface area (Å²) in [5, 5.41) is 9.53. The summed E-state index contributed by atoms with van der Waals surface area (Å²) in [6.07, 6.45) is 4.12. The number of piperazine rings is 1. The standard InChI is InChI=1S/C21H26ClN5O/c22-18-7-3-2-6-17(18)16-21(28)27-14-12-26(13-15-27)20-9-8-19(23-24-20)25-10-4-1-5-11-25/h2-3,6-9H,1,4-5,10-16H2. The quantitative estimate of drug-likeness (QED) is 0.791. The number of carbonyl (C=O) groups excluding carboxylic acids is 1. The molecule has 3 heterocycles. The molecule has 1 amide bonds. The molecule has 6 nitrogen and oxygen atoms in total. The second-order valence-corrected chi connectivity index (χ2v) is 7.84. The Balaban J connectivity index is 1.31. The number of hydrogen-bond donors (Lipinski definition) is 0. The highest BCUT2D eigenvalue weighted by Crippen LogP contribution is 2.21. The minimum absolute atomic E-state index is 0.124. The minimum Gasteiger partial charge on any atom is -0.355 e. The van der Waals surface area contributed by atoms with Gasteiger partial charge in [0.1, 0.15) is 0 Å². The van der Waals surface area contributed by atoms with E-state index >= 15 is 0 Å². The Bertz CT molecular complexity index is 799. The number of benzene rings is 1. The summed E-state index contributed by atoms with van der Waals surface area (Å²) in [5.74, 6) is 1.98. The van der Waals surface area contributed by atoms with Crippen LogP contribution in [0, 0.1) is 0 Å². The van der Waals surface area contributed by atoms with Crippen molar-refractivity contribution in [3.05, 3.63) is 47.0 Å². The molecule has 4 rings (SSSR count). The van der Waals surface area contributed by atoms with Gasteiger partial charge in [-0.05, 0) is 43.0 Å². The molecule has 0 aliphatic carbocycles. The second-order valence-electron chi connectivity index (χ2n) is 7.43. The first-order valence-electron chi connectivity index (χ1n) is 10.1. The Hall–Kier alpha value is -2.34. The SMILES string of the molecule is O=C(Cc1ccccc1Cl)N1CCN(c2ccc(N3CCCCC3)nn2)CC1. The van der Waals surface area contributed by atoms with E-state index in [9.17, 15) is 4.79 Å². The van der Waals surface area contributed by atoms with Gasteiger partial charge in [0.25, 0.3) is 0 Å². The molecular weight excluding hydrogens is 374 g/mol. The summed E-state index contributed by atoms with van der Waals surface area (Å²) in [6, 6.07) is 11.7. The lowest BCUT2D eigenvalue weighted by Gasteiger charge is -2.35. The van der Waals surface area contributed by atoms with Crippen LogP contribution in [0.2, 0.25) is 5.02 Å². The fourth-order valence-electron chi connectivity index (χ4n) is 3.88. The molecule has 1 aromatic carbocycles. The number of carbonyl (C=O) groups is 1. The summed E-state index contributed by atoms with van der Waals surface area (Å²) >= 11 is 6.18. The van der Waals surface area contributed by atoms with Crippen molar-refractivity contribution >= 4 is 29.1 Å². The lowest BCUT2D eigenvalue weighted by Crippen LogP contribution is -2.49. The highest BCUT2D eigenvalue weighted by molar-refractivity contribution is 6.31. The summed E-state index contributed by atoms with van der Waals surface area (Å²) < 4.78 is 0. The number of amides is 1. The molecule has 1 aromatic heterocycles. The van der Waals surface area contributed by atoms with Gasteiger partial charge >= 0.3 is 0 Å². The first-order valence-corrected chi connectivity index (χ1v) is 10.4. The second kappa shape index (κ2) is 8.78. The topological polar surface area (TPSA) is 52.6 Å². The molecule has 2 aliphatic heterocycles. The Morgan fingerprint density at radius 1 is 0.821 bits per heavy atom. The van der Waals surface area contributed by atoms with Gasteiger partial charge in [-0.2, -0.15) is 0 Å². The smallest absolute Gasteiger partial charge is 0.227 e. The third kappa shape index (κ3) is 4.38. The molecule has 148 valence electrons.